The van der Waals surface area contributed by atoms with Gasteiger partial charge < -0.3 is 14.9 Å². The van der Waals surface area contributed by atoms with Gasteiger partial charge in [-0.3, -0.25) is 0 Å². The van der Waals surface area contributed by atoms with Gasteiger partial charge in [0.05, 0.1) is 12.2 Å². The number of rotatable bonds is 4. The van der Waals surface area contributed by atoms with Gasteiger partial charge in [0.1, 0.15) is 0 Å². The maximum atomic E-state index is 10.3. The summed E-state index contributed by atoms with van der Waals surface area (Å²) < 4.78 is 4.92. The summed E-state index contributed by atoms with van der Waals surface area (Å²) in [4.78, 5) is 10.3. The molecule has 3 atom stereocenters. The van der Waals surface area contributed by atoms with E-state index in [1.807, 2.05) is 0 Å². The van der Waals surface area contributed by atoms with Crippen LogP contribution in [0.1, 0.15) is 20.8 Å². The van der Waals surface area contributed by atoms with E-state index in [4.69, 9.17) is 14.9 Å². The first-order valence-electron chi connectivity index (χ1n) is 3.51. The third kappa shape index (κ3) is 3.95. The lowest BCUT2D eigenvalue weighted by atomic mass is 10.2. The van der Waals surface area contributed by atoms with E-state index in [9.17, 15) is 4.79 Å². The molecule has 0 bridgehead atoms. The van der Waals surface area contributed by atoms with Crippen LogP contribution in [0.4, 0.5) is 0 Å². The highest BCUT2D eigenvalue weighted by atomic mass is 16.5. The largest absolute Gasteiger partial charge is 0.479 e. The van der Waals surface area contributed by atoms with E-state index in [2.05, 4.69) is 0 Å². The van der Waals surface area contributed by atoms with Crippen LogP contribution < -0.4 is 0 Å². The van der Waals surface area contributed by atoms with Crippen molar-refractivity contribution in [1.82, 2.24) is 0 Å². The Balaban J connectivity index is 3.75. The summed E-state index contributed by atoms with van der Waals surface area (Å²) >= 11 is 0. The van der Waals surface area contributed by atoms with Crippen LogP contribution in [0.2, 0.25) is 0 Å². The van der Waals surface area contributed by atoms with Gasteiger partial charge in [0, 0.05) is 0 Å². The molecule has 0 radical (unpaired) electrons. The van der Waals surface area contributed by atoms with Gasteiger partial charge in [0.15, 0.2) is 6.10 Å². The zero-order valence-electron chi connectivity index (χ0n) is 6.94. The highest BCUT2D eigenvalue weighted by Gasteiger charge is 2.17. The lowest BCUT2D eigenvalue weighted by Gasteiger charge is -2.18. The molecule has 2 N–H and O–H groups in total. The Morgan fingerprint density at radius 3 is 2.09 bits per heavy atom. The number of hydrogen-bond donors (Lipinski definition) is 2. The summed E-state index contributed by atoms with van der Waals surface area (Å²) in [6, 6.07) is 0. The van der Waals surface area contributed by atoms with E-state index >= 15 is 0 Å². The smallest absolute Gasteiger partial charge is 0.332 e. The topological polar surface area (TPSA) is 66.8 Å². The van der Waals surface area contributed by atoms with Crippen molar-refractivity contribution < 1.29 is 19.7 Å². The van der Waals surface area contributed by atoms with Crippen LogP contribution in [-0.2, 0) is 9.53 Å². The number of ether oxygens (including phenoxy) is 1. The van der Waals surface area contributed by atoms with Gasteiger partial charge in [-0.05, 0) is 20.8 Å². The fraction of sp³-hybridized carbons (Fsp3) is 0.857. The molecule has 0 aliphatic rings. The van der Waals surface area contributed by atoms with Crippen LogP contribution in [0, 0.1) is 0 Å². The average molecular weight is 162 g/mol. The van der Waals surface area contributed by atoms with E-state index in [0.717, 1.165) is 0 Å². The van der Waals surface area contributed by atoms with Crippen molar-refractivity contribution in [3.8, 4) is 0 Å². The molecule has 0 amide bonds. The van der Waals surface area contributed by atoms with Gasteiger partial charge in [-0.1, -0.05) is 0 Å². The molecule has 0 saturated carbocycles. The quantitative estimate of drug-likeness (QED) is 0.621. The first-order chi connectivity index (χ1) is 4.95. The van der Waals surface area contributed by atoms with Gasteiger partial charge in [-0.25, -0.2) is 4.79 Å². The Kier molecular flexibility index (Phi) is 4.07. The van der Waals surface area contributed by atoms with Gasteiger partial charge in [-0.15, -0.1) is 0 Å². The Bertz CT molecular complexity index is 132. The van der Waals surface area contributed by atoms with Crippen LogP contribution >= 0.6 is 0 Å². The molecule has 0 aromatic heterocycles. The first-order valence-corrected chi connectivity index (χ1v) is 3.51. The molecule has 0 aliphatic carbocycles. The van der Waals surface area contributed by atoms with Crippen LogP contribution in [0.25, 0.3) is 0 Å². The SMILES string of the molecule is CC(OC(C)C(C)O)C(=O)O. The van der Waals surface area contributed by atoms with E-state index < -0.39 is 24.3 Å². The van der Waals surface area contributed by atoms with Crippen LogP contribution in [-0.4, -0.2) is 34.5 Å². The molecular weight excluding hydrogens is 148 g/mol. The van der Waals surface area contributed by atoms with Gasteiger partial charge >= 0.3 is 5.97 Å². The number of carbonyl (C=O) groups is 1. The molecule has 0 aromatic carbocycles. The minimum Gasteiger partial charge on any atom is -0.479 e. The number of hydrogen-bond acceptors (Lipinski definition) is 3. The number of carboxylic acids is 1. The van der Waals surface area contributed by atoms with E-state index in [-0.39, 0.29) is 0 Å². The molecule has 0 spiro atoms. The Hall–Kier alpha value is -0.610. The van der Waals surface area contributed by atoms with Crippen molar-refractivity contribution in [1.29, 1.82) is 0 Å². The number of aliphatic hydroxyl groups excluding tert-OH is 1. The van der Waals surface area contributed by atoms with E-state index in [1.54, 1.807) is 13.8 Å². The van der Waals surface area contributed by atoms with Crippen LogP contribution in [0.15, 0.2) is 0 Å². The molecule has 3 unspecified atom stereocenters. The third-order valence-electron chi connectivity index (χ3n) is 1.45. The maximum Gasteiger partial charge on any atom is 0.332 e. The Labute approximate surface area is 65.8 Å². The molecule has 0 heterocycles. The second kappa shape index (κ2) is 4.31. The van der Waals surface area contributed by atoms with Gasteiger partial charge in [0.25, 0.3) is 0 Å². The summed E-state index contributed by atoms with van der Waals surface area (Å²) in [5, 5.41) is 17.3. The average Bonchev–Trinajstić information content (AvgIpc) is 1.87. The predicted molar refractivity (Wildman–Crippen MR) is 39.3 cm³/mol. The number of aliphatic carboxylic acids is 1. The third-order valence-corrected chi connectivity index (χ3v) is 1.45. The number of aliphatic hydroxyl groups is 1. The standard InChI is InChI=1S/C7H14O4/c1-4(8)5(2)11-6(3)7(9)10/h4-6,8H,1-3H3,(H,9,10). The zero-order valence-corrected chi connectivity index (χ0v) is 6.94. The first kappa shape index (κ1) is 10.4. The fourth-order valence-corrected chi connectivity index (χ4v) is 0.494. The highest BCUT2D eigenvalue weighted by Crippen LogP contribution is 2.02. The molecule has 0 aliphatic heterocycles. The summed E-state index contributed by atoms with van der Waals surface area (Å²) in [7, 11) is 0. The predicted octanol–water partition coefficient (Wildman–Crippen LogP) is 0.245. The monoisotopic (exact) mass is 162 g/mol. The summed E-state index contributed by atoms with van der Waals surface area (Å²) in [6.45, 7) is 4.62. The molecule has 66 valence electrons. The van der Waals surface area contributed by atoms with Crippen molar-refractivity contribution in [2.75, 3.05) is 0 Å². The van der Waals surface area contributed by atoms with Crippen molar-refractivity contribution in [2.24, 2.45) is 0 Å². The van der Waals surface area contributed by atoms with Crippen molar-refractivity contribution >= 4 is 5.97 Å². The van der Waals surface area contributed by atoms with Gasteiger partial charge in [-0.2, -0.15) is 0 Å². The normalized spacial score (nSPS) is 18.9. The second-order valence-corrected chi connectivity index (χ2v) is 2.56. The molecule has 11 heavy (non-hydrogen) atoms. The lowest BCUT2D eigenvalue weighted by molar-refractivity contribution is -0.155. The summed E-state index contributed by atoms with van der Waals surface area (Å²) in [6.07, 6.45) is -1.95. The molecule has 4 heteroatoms. The molecule has 0 aromatic rings. The van der Waals surface area contributed by atoms with Crippen molar-refractivity contribution in [3.05, 3.63) is 0 Å². The van der Waals surface area contributed by atoms with Crippen molar-refractivity contribution in [2.45, 2.75) is 39.1 Å². The second-order valence-electron chi connectivity index (χ2n) is 2.56. The maximum absolute atomic E-state index is 10.3. The fourth-order valence-electron chi connectivity index (χ4n) is 0.494. The number of carboxylic acid groups (broad SMARTS) is 1. The molecule has 0 fully saturated rings. The van der Waals surface area contributed by atoms with Crippen LogP contribution in [0.3, 0.4) is 0 Å². The van der Waals surface area contributed by atoms with Crippen molar-refractivity contribution in [3.63, 3.8) is 0 Å². The molecule has 0 rings (SSSR count). The lowest BCUT2D eigenvalue weighted by Crippen LogP contribution is -2.31. The molecule has 4 nitrogen and oxygen atoms in total. The Morgan fingerprint density at radius 1 is 1.36 bits per heavy atom. The Morgan fingerprint density at radius 2 is 1.82 bits per heavy atom. The summed E-state index contributed by atoms with van der Waals surface area (Å²) in [5.41, 5.74) is 0. The minimum atomic E-state index is -1.02. The summed E-state index contributed by atoms with van der Waals surface area (Å²) in [5.74, 6) is -1.02. The van der Waals surface area contributed by atoms with E-state index in [1.165, 1.54) is 6.92 Å². The van der Waals surface area contributed by atoms with Gasteiger partial charge in [0.2, 0.25) is 0 Å². The van der Waals surface area contributed by atoms with Crippen LogP contribution in [0.5, 0.6) is 0 Å². The minimum absolute atomic E-state index is 0.443. The molecular formula is C7H14O4. The molecule has 0 saturated heterocycles. The zero-order chi connectivity index (χ0) is 9.02. The highest BCUT2D eigenvalue weighted by molar-refractivity contribution is 5.71. The van der Waals surface area contributed by atoms with E-state index in [0.29, 0.717) is 0 Å².